The van der Waals surface area contributed by atoms with Gasteiger partial charge in [-0.15, -0.1) is 0 Å². The van der Waals surface area contributed by atoms with E-state index in [0.29, 0.717) is 0 Å². The first-order valence-electron chi connectivity index (χ1n) is 6.61. The van der Waals surface area contributed by atoms with Gasteiger partial charge in [0.25, 0.3) is 0 Å². The molecule has 1 heteroatoms. The summed E-state index contributed by atoms with van der Waals surface area (Å²) in [5, 5.41) is 0. The van der Waals surface area contributed by atoms with E-state index in [2.05, 4.69) is 43.0 Å². The maximum Gasteiger partial charge on any atom is 0.0236 e. The van der Waals surface area contributed by atoms with E-state index in [1.165, 1.54) is 43.4 Å². The monoisotopic (exact) mass is 217 g/mol. The minimum Gasteiger partial charge on any atom is -0.296 e. The lowest BCUT2D eigenvalue weighted by atomic mass is 10.1. The zero-order valence-corrected chi connectivity index (χ0v) is 10.6. The molecule has 2 rings (SSSR count). The maximum absolute atomic E-state index is 2.60. The van der Waals surface area contributed by atoms with Gasteiger partial charge in [-0.25, -0.2) is 0 Å². The van der Waals surface area contributed by atoms with E-state index in [9.17, 15) is 0 Å². The second kappa shape index (κ2) is 5.49. The van der Waals surface area contributed by atoms with Crippen molar-refractivity contribution < 1.29 is 0 Å². The van der Waals surface area contributed by atoms with Gasteiger partial charge in [-0.2, -0.15) is 0 Å². The van der Waals surface area contributed by atoms with Crippen molar-refractivity contribution in [2.45, 2.75) is 52.1 Å². The van der Waals surface area contributed by atoms with Crippen LogP contribution in [-0.2, 0) is 13.0 Å². The first-order valence-corrected chi connectivity index (χ1v) is 6.61. The first kappa shape index (κ1) is 11.7. The number of hydrogen-bond acceptors (Lipinski definition) is 1. The molecule has 1 aromatic carbocycles. The summed E-state index contributed by atoms with van der Waals surface area (Å²) in [5.41, 5.74) is 2.98. The van der Waals surface area contributed by atoms with Gasteiger partial charge < -0.3 is 0 Å². The smallest absolute Gasteiger partial charge is 0.0236 e. The Morgan fingerprint density at radius 3 is 2.81 bits per heavy atom. The molecule has 1 nitrogen and oxygen atoms in total. The molecular weight excluding hydrogens is 194 g/mol. The predicted octanol–water partition coefficient (Wildman–Crippen LogP) is 3.62. The van der Waals surface area contributed by atoms with Crippen molar-refractivity contribution in [3.05, 3.63) is 35.4 Å². The van der Waals surface area contributed by atoms with Crippen LogP contribution in [0.4, 0.5) is 0 Å². The van der Waals surface area contributed by atoms with Crippen LogP contribution < -0.4 is 0 Å². The number of hydrogen-bond donors (Lipinski definition) is 0. The molecule has 0 radical (unpaired) electrons. The summed E-state index contributed by atoms with van der Waals surface area (Å²) in [6.07, 6.45) is 5.19. The second-order valence-electron chi connectivity index (χ2n) is 5.03. The van der Waals surface area contributed by atoms with Crippen molar-refractivity contribution in [2.75, 3.05) is 6.54 Å². The van der Waals surface area contributed by atoms with E-state index in [0.717, 1.165) is 12.6 Å². The van der Waals surface area contributed by atoms with E-state index in [4.69, 9.17) is 0 Å². The Kier molecular flexibility index (Phi) is 4.00. The van der Waals surface area contributed by atoms with Gasteiger partial charge in [-0.05, 0) is 43.9 Å². The highest BCUT2D eigenvalue weighted by atomic mass is 15.2. The summed E-state index contributed by atoms with van der Waals surface area (Å²) >= 11 is 0. The molecule has 0 N–H and O–H groups in total. The van der Waals surface area contributed by atoms with Crippen LogP contribution in [0.3, 0.4) is 0 Å². The normalized spacial score (nSPS) is 21.5. The fourth-order valence-electron chi connectivity index (χ4n) is 2.63. The molecule has 0 saturated carbocycles. The summed E-state index contributed by atoms with van der Waals surface area (Å²) in [6, 6.07) is 9.88. The van der Waals surface area contributed by atoms with E-state index >= 15 is 0 Å². The Labute approximate surface area is 99.5 Å². The van der Waals surface area contributed by atoms with E-state index < -0.39 is 0 Å². The average Bonchev–Trinajstić information content (AvgIpc) is 2.66. The van der Waals surface area contributed by atoms with Crippen LogP contribution in [0.15, 0.2) is 24.3 Å². The Morgan fingerprint density at radius 2 is 2.12 bits per heavy atom. The van der Waals surface area contributed by atoms with Gasteiger partial charge in [0.15, 0.2) is 0 Å². The summed E-state index contributed by atoms with van der Waals surface area (Å²) < 4.78 is 0. The lowest BCUT2D eigenvalue weighted by Crippen LogP contribution is -2.26. The molecule has 1 saturated heterocycles. The van der Waals surface area contributed by atoms with E-state index in [-0.39, 0.29) is 0 Å². The Hall–Kier alpha value is -0.820. The molecule has 1 unspecified atom stereocenters. The van der Waals surface area contributed by atoms with Crippen LogP contribution in [0.25, 0.3) is 0 Å². The van der Waals surface area contributed by atoms with Crippen LogP contribution >= 0.6 is 0 Å². The van der Waals surface area contributed by atoms with Gasteiger partial charge in [0.05, 0.1) is 0 Å². The first-order chi connectivity index (χ1) is 7.79. The molecule has 0 bridgehead atoms. The fourth-order valence-corrected chi connectivity index (χ4v) is 2.63. The molecule has 1 atom stereocenters. The average molecular weight is 217 g/mol. The molecule has 1 aliphatic rings. The Bertz CT molecular complexity index is 332. The van der Waals surface area contributed by atoms with Gasteiger partial charge in [0, 0.05) is 12.6 Å². The van der Waals surface area contributed by atoms with Gasteiger partial charge >= 0.3 is 0 Å². The third-order valence-corrected chi connectivity index (χ3v) is 3.61. The molecule has 1 aliphatic heterocycles. The molecule has 0 spiro atoms. The molecule has 88 valence electrons. The SMILES string of the molecule is CCCc1cccc(CN2CCCC2C)c1. The number of likely N-dealkylation sites (tertiary alicyclic amines) is 1. The van der Waals surface area contributed by atoms with Crippen molar-refractivity contribution in [1.82, 2.24) is 4.90 Å². The number of benzene rings is 1. The summed E-state index contributed by atoms with van der Waals surface area (Å²) in [6.45, 7) is 7.01. The lowest BCUT2D eigenvalue weighted by Gasteiger charge is -2.21. The molecule has 0 amide bonds. The third-order valence-electron chi connectivity index (χ3n) is 3.61. The molecule has 16 heavy (non-hydrogen) atoms. The molecule has 1 heterocycles. The molecule has 0 aliphatic carbocycles. The molecular formula is C15H23N. The van der Waals surface area contributed by atoms with Gasteiger partial charge in [0.1, 0.15) is 0 Å². The zero-order chi connectivity index (χ0) is 11.4. The second-order valence-corrected chi connectivity index (χ2v) is 5.03. The van der Waals surface area contributed by atoms with Crippen molar-refractivity contribution >= 4 is 0 Å². The van der Waals surface area contributed by atoms with Crippen molar-refractivity contribution in [3.63, 3.8) is 0 Å². The standard InChI is InChI=1S/C15H23N/c1-3-6-14-8-4-9-15(11-14)12-16-10-5-7-13(16)2/h4,8-9,11,13H,3,5-7,10,12H2,1-2H3. The highest BCUT2D eigenvalue weighted by Crippen LogP contribution is 2.19. The van der Waals surface area contributed by atoms with Gasteiger partial charge in [-0.1, -0.05) is 37.6 Å². The van der Waals surface area contributed by atoms with Gasteiger partial charge in [0.2, 0.25) is 0 Å². The Balaban J connectivity index is 2.00. The third kappa shape index (κ3) is 2.85. The zero-order valence-electron chi connectivity index (χ0n) is 10.6. The minimum absolute atomic E-state index is 0.773. The summed E-state index contributed by atoms with van der Waals surface area (Å²) in [5.74, 6) is 0. The minimum atomic E-state index is 0.773. The van der Waals surface area contributed by atoms with Crippen molar-refractivity contribution in [2.24, 2.45) is 0 Å². The molecule has 0 aromatic heterocycles. The fraction of sp³-hybridized carbons (Fsp3) is 0.600. The van der Waals surface area contributed by atoms with Crippen molar-refractivity contribution in [1.29, 1.82) is 0 Å². The lowest BCUT2D eigenvalue weighted by molar-refractivity contribution is 0.260. The van der Waals surface area contributed by atoms with Crippen LogP contribution in [-0.4, -0.2) is 17.5 Å². The number of nitrogens with zero attached hydrogens (tertiary/aromatic N) is 1. The largest absolute Gasteiger partial charge is 0.296 e. The van der Waals surface area contributed by atoms with Crippen LogP contribution in [0.2, 0.25) is 0 Å². The van der Waals surface area contributed by atoms with E-state index in [1.807, 2.05) is 0 Å². The van der Waals surface area contributed by atoms with Crippen LogP contribution in [0.1, 0.15) is 44.2 Å². The van der Waals surface area contributed by atoms with Crippen molar-refractivity contribution in [3.8, 4) is 0 Å². The quantitative estimate of drug-likeness (QED) is 0.744. The molecule has 1 fully saturated rings. The van der Waals surface area contributed by atoms with Gasteiger partial charge in [-0.3, -0.25) is 4.90 Å². The Morgan fingerprint density at radius 1 is 1.31 bits per heavy atom. The summed E-state index contributed by atoms with van der Waals surface area (Å²) in [7, 11) is 0. The molecule has 1 aromatic rings. The van der Waals surface area contributed by atoms with Crippen LogP contribution in [0, 0.1) is 0 Å². The number of rotatable bonds is 4. The number of aryl methyl sites for hydroxylation is 1. The summed E-state index contributed by atoms with van der Waals surface area (Å²) in [4.78, 5) is 2.60. The topological polar surface area (TPSA) is 3.24 Å². The highest BCUT2D eigenvalue weighted by molar-refractivity contribution is 5.23. The predicted molar refractivity (Wildman–Crippen MR) is 69.5 cm³/mol. The van der Waals surface area contributed by atoms with E-state index in [1.54, 1.807) is 0 Å². The highest BCUT2D eigenvalue weighted by Gasteiger charge is 2.19. The van der Waals surface area contributed by atoms with Crippen LogP contribution in [0.5, 0.6) is 0 Å². The maximum atomic E-state index is 2.60.